The van der Waals surface area contributed by atoms with Crippen LogP contribution in [-0.2, 0) is 32.1 Å². The highest BCUT2D eigenvalue weighted by molar-refractivity contribution is 7.86. The smallest absolute Gasteiger partial charge is 0.294 e. The van der Waals surface area contributed by atoms with E-state index in [9.17, 15) is 36.2 Å². The van der Waals surface area contributed by atoms with Crippen molar-refractivity contribution in [1.29, 1.82) is 0 Å². The van der Waals surface area contributed by atoms with Gasteiger partial charge in [-0.1, -0.05) is 27.7 Å². The molecule has 0 heterocycles. The van der Waals surface area contributed by atoms with Crippen molar-refractivity contribution < 1.29 is 36.2 Å². The molecular weight excluding hydrogens is 480 g/mol. The summed E-state index contributed by atoms with van der Waals surface area (Å²) in [6.07, 6.45) is 1.51. The Kier molecular flexibility index (Phi) is 8.14. The van der Waals surface area contributed by atoms with Gasteiger partial charge in [-0.15, -0.1) is 0 Å². The molecule has 10 heteroatoms. The molecule has 0 aliphatic rings. The summed E-state index contributed by atoms with van der Waals surface area (Å²) < 4.78 is 69.0. The first kappa shape index (κ1) is 28.1. The van der Waals surface area contributed by atoms with Crippen molar-refractivity contribution >= 4 is 20.2 Å². The fraction of sp³-hybridized carbons (Fsp3) is 0.500. The molecule has 0 saturated heterocycles. The number of hydrogen-bond donors (Lipinski definition) is 4. The Labute approximate surface area is 202 Å². The standard InChI is InChI=1S/C24H34O8S2/c1-7-16(8-2)17-11-21(33(27,28)29)18(15(5)23(17)26)13-24(6,9-3)19-12-20(25)14(4)10-22(19)34(30,31)32/h10-12,16,25-26H,7-9,13H2,1-6H3,(H,27,28,29)(H,30,31,32). The molecule has 0 amide bonds. The van der Waals surface area contributed by atoms with E-state index in [0.717, 1.165) is 6.07 Å². The van der Waals surface area contributed by atoms with Gasteiger partial charge in [0.05, 0.1) is 9.79 Å². The number of phenols is 2. The topological polar surface area (TPSA) is 149 Å². The first-order chi connectivity index (χ1) is 15.5. The van der Waals surface area contributed by atoms with Gasteiger partial charge in [-0.2, -0.15) is 16.8 Å². The lowest BCUT2D eigenvalue weighted by atomic mass is 9.73. The summed E-state index contributed by atoms with van der Waals surface area (Å²) in [5, 5.41) is 21.3. The van der Waals surface area contributed by atoms with Crippen LogP contribution >= 0.6 is 0 Å². The zero-order chi connectivity index (χ0) is 26.2. The second kappa shape index (κ2) is 9.85. The van der Waals surface area contributed by atoms with E-state index < -0.39 is 30.5 Å². The van der Waals surface area contributed by atoms with Crippen LogP contribution in [0.3, 0.4) is 0 Å². The minimum Gasteiger partial charge on any atom is -0.508 e. The van der Waals surface area contributed by atoms with Crippen molar-refractivity contribution in [2.24, 2.45) is 0 Å². The molecule has 0 saturated carbocycles. The first-order valence-corrected chi connectivity index (χ1v) is 14.0. The minimum atomic E-state index is -4.69. The maximum atomic E-state index is 12.4. The number of benzene rings is 2. The van der Waals surface area contributed by atoms with Crippen molar-refractivity contribution in [3.63, 3.8) is 0 Å². The molecule has 0 aromatic heterocycles. The molecule has 34 heavy (non-hydrogen) atoms. The third-order valence-electron chi connectivity index (χ3n) is 6.94. The molecule has 0 aliphatic heterocycles. The Bertz CT molecular complexity index is 1290. The largest absolute Gasteiger partial charge is 0.508 e. The van der Waals surface area contributed by atoms with Crippen molar-refractivity contribution in [3.8, 4) is 11.5 Å². The predicted octanol–water partition coefficient (Wildman–Crippen LogP) is 5.02. The first-order valence-electron chi connectivity index (χ1n) is 11.2. The highest BCUT2D eigenvalue weighted by Crippen LogP contribution is 2.44. The summed E-state index contributed by atoms with van der Waals surface area (Å²) in [5.74, 6) is -0.372. The van der Waals surface area contributed by atoms with Gasteiger partial charge in [0.1, 0.15) is 11.5 Å². The fourth-order valence-electron chi connectivity index (χ4n) is 4.49. The van der Waals surface area contributed by atoms with E-state index in [1.807, 2.05) is 13.8 Å². The summed E-state index contributed by atoms with van der Waals surface area (Å²) in [7, 11) is -9.36. The van der Waals surface area contributed by atoms with Gasteiger partial charge >= 0.3 is 0 Å². The Balaban J connectivity index is 2.89. The quantitative estimate of drug-likeness (QED) is 0.341. The molecule has 0 radical (unpaired) electrons. The van der Waals surface area contributed by atoms with E-state index in [2.05, 4.69) is 0 Å². The van der Waals surface area contributed by atoms with Crippen molar-refractivity contribution in [3.05, 3.63) is 46.0 Å². The van der Waals surface area contributed by atoms with Crippen LogP contribution in [0.15, 0.2) is 28.0 Å². The van der Waals surface area contributed by atoms with Gasteiger partial charge in [-0.25, -0.2) is 0 Å². The van der Waals surface area contributed by atoms with Crippen molar-refractivity contribution in [1.82, 2.24) is 0 Å². The van der Waals surface area contributed by atoms with E-state index in [-0.39, 0.29) is 57.4 Å². The van der Waals surface area contributed by atoms with Crippen LogP contribution in [0.5, 0.6) is 11.5 Å². The second-order valence-electron chi connectivity index (χ2n) is 9.11. The summed E-state index contributed by atoms with van der Waals surface area (Å²) in [5.41, 5.74) is 0.0795. The molecule has 2 aromatic carbocycles. The fourth-order valence-corrected chi connectivity index (χ4v) is 6.21. The van der Waals surface area contributed by atoms with Gasteiger partial charge < -0.3 is 10.2 Å². The molecule has 2 aromatic rings. The average molecular weight is 515 g/mol. The number of hydrogen-bond acceptors (Lipinski definition) is 6. The summed E-state index contributed by atoms with van der Waals surface area (Å²) in [4.78, 5) is -0.745. The highest BCUT2D eigenvalue weighted by Gasteiger charge is 2.35. The van der Waals surface area contributed by atoms with Gasteiger partial charge in [-0.3, -0.25) is 9.11 Å². The Hall–Kier alpha value is -2.14. The van der Waals surface area contributed by atoms with Gasteiger partial charge in [0.15, 0.2) is 0 Å². The van der Waals surface area contributed by atoms with Gasteiger partial charge in [-0.05, 0) is 96.9 Å². The molecule has 0 fully saturated rings. The molecule has 1 unspecified atom stereocenters. The van der Waals surface area contributed by atoms with Crippen LogP contribution in [-0.4, -0.2) is 36.2 Å². The monoisotopic (exact) mass is 514 g/mol. The van der Waals surface area contributed by atoms with E-state index in [4.69, 9.17) is 0 Å². The molecule has 4 N–H and O–H groups in total. The van der Waals surface area contributed by atoms with E-state index in [1.54, 1.807) is 20.8 Å². The Morgan fingerprint density at radius 3 is 1.85 bits per heavy atom. The maximum Gasteiger partial charge on any atom is 0.294 e. The lowest BCUT2D eigenvalue weighted by Gasteiger charge is -2.33. The molecule has 190 valence electrons. The van der Waals surface area contributed by atoms with Crippen molar-refractivity contribution in [2.75, 3.05) is 0 Å². The summed E-state index contributed by atoms with van der Waals surface area (Å²) >= 11 is 0. The molecule has 0 spiro atoms. The van der Waals surface area contributed by atoms with Crippen LogP contribution in [0.25, 0.3) is 0 Å². The normalized spacial score (nSPS) is 14.4. The molecule has 1 atom stereocenters. The molecule has 8 nitrogen and oxygen atoms in total. The van der Waals surface area contributed by atoms with Crippen molar-refractivity contribution in [2.45, 2.75) is 88.3 Å². The third kappa shape index (κ3) is 5.40. The van der Waals surface area contributed by atoms with E-state index in [0.29, 0.717) is 18.4 Å². The molecule has 2 rings (SSSR count). The number of phenolic OH excluding ortho intramolecular Hbond substituents is 2. The second-order valence-corrected chi connectivity index (χ2v) is 11.9. The molecular formula is C24H34O8S2. The van der Waals surface area contributed by atoms with Gasteiger partial charge in [0.2, 0.25) is 0 Å². The zero-order valence-corrected chi connectivity index (χ0v) is 22.0. The predicted molar refractivity (Wildman–Crippen MR) is 130 cm³/mol. The maximum absolute atomic E-state index is 12.4. The minimum absolute atomic E-state index is 0.0729. The zero-order valence-electron chi connectivity index (χ0n) is 20.4. The number of rotatable bonds is 9. The van der Waals surface area contributed by atoms with Crippen LogP contribution in [0, 0.1) is 13.8 Å². The van der Waals surface area contributed by atoms with E-state index in [1.165, 1.54) is 19.1 Å². The molecule has 0 aliphatic carbocycles. The number of aromatic hydroxyl groups is 2. The van der Waals surface area contributed by atoms with Gasteiger partial charge in [0, 0.05) is 0 Å². The Morgan fingerprint density at radius 1 is 0.882 bits per heavy atom. The summed E-state index contributed by atoms with van der Waals surface area (Å²) in [6, 6.07) is 3.71. The lowest BCUT2D eigenvalue weighted by Crippen LogP contribution is -2.28. The van der Waals surface area contributed by atoms with Gasteiger partial charge in [0.25, 0.3) is 20.2 Å². The van der Waals surface area contributed by atoms with Crippen LogP contribution in [0.1, 0.15) is 80.7 Å². The third-order valence-corrected chi connectivity index (χ3v) is 8.76. The van der Waals surface area contributed by atoms with E-state index >= 15 is 0 Å². The van der Waals surface area contributed by atoms with Crippen LogP contribution < -0.4 is 0 Å². The lowest BCUT2D eigenvalue weighted by molar-refractivity contribution is 0.413. The summed E-state index contributed by atoms with van der Waals surface area (Å²) in [6.45, 7) is 10.3. The molecule has 0 bridgehead atoms. The number of aryl methyl sites for hydroxylation is 1. The Morgan fingerprint density at radius 2 is 1.41 bits per heavy atom. The average Bonchev–Trinajstić information content (AvgIpc) is 2.73. The highest BCUT2D eigenvalue weighted by atomic mass is 32.2. The van der Waals surface area contributed by atoms with Crippen LogP contribution in [0.2, 0.25) is 0 Å². The SMILES string of the molecule is CCC(CC)c1cc(S(=O)(=O)O)c(CC(C)(CC)c2cc(O)c(C)cc2S(=O)(=O)O)c(C)c1O. The van der Waals surface area contributed by atoms with Crippen LogP contribution in [0.4, 0.5) is 0 Å².